The fourth-order valence-electron chi connectivity index (χ4n) is 1.86. The number of amides is 2. The van der Waals surface area contributed by atoms with Crippen molar-refractivity contribution in [3.8, 4) is 5.75 Å². The average molecular weight is 298 g/mol. The highest BCUT2D eigenvalue weighted by Crippen LogP contribution is 2.07. The second-order valence-corrected chi connectivity index (χ2v) is 4.75. The minimum atomic E-state index is -0.545. The first-order chi connectivity index (χ1) is 10.6. The molecule has 2 aromatic rings. The Morgan fingerprint density at radius 3 is 2.41 bits per heavy atom. The Labute approximate surface area is 129 Å². The van der Waals surface area contributed by atoms with E-state index in [-0.39, 0.29) is 5.91 Å². The SMILES string of the molecule is Cc1cccc(C(=O)NCCNC(=O)Oc2ccccc2)c1. The van der Waals surface area contributed by atoms with Crippen molar-refractivity contribution >= 4 is 12.0 Å². The quantitative estimate of drug-likeness (QED) is 0.833. The maximum atomic E-state index is 11.9. The zero-order valence-electron chi connectivity index (χ0n) is 12.3. The minimum absolute atomic E-state index is 0.165. The van der Waals surface area contributed by atoms with Gasteiger partial charge in [-0.25, -0.2) is 4.79 Å². The van der Waals surface area contributed by atoms with E-state index in [1.54, 1.807) is 30.3 Å². The number of aryl methyl sites for hydroxylation is 1. The Bertz CT molecular complexity index is 641. The summed E-state index contributed by atoms with van der Waals surface area (Å²) in [6.45, 7) is 2.55. The number of carbonyl (C=O) groups excluding carboxylic acids is 2. The number of hydrogen-bond donors (Lipinski definition) is 2. The van der Waals surface area contributed by atoms with Crippen molar-refractivity contribution in [1.82, 2.24) is 10.6 Å². The van der Waals surface area contributed by atoms with Crippen LogP contribution in [0.15, 0.2) is 54.6 Å². The predicted octanol–water partition coefficient (Wildman–Crippen LogP) is 2.51. The smallest absolute Gasteiger partial charge is 0.410 e. The normalized spacial score (nSPS) is 9.86. The lowest BCUT2D eigenvalue weighted by Crippen LogP contribution is -2.36. The summed E-state index contributed by atoms with van der Waals surface area (Å²) in [6.07, 6.45) is -0.545. The fourth-order valence-corrected chi connectivity index (χ4v) is 1.86. The number of rotatable bonds is 5. The summed E-state index contributed by atoms with van der Waals surface area (Å²) in [4.78, 5) is 23.4. The van der Waals surface area contributed by atoms with Crippen LogP contribution in [-0.2, 0) is 0 Å². The Morgan fingerprint density at radius 2 is 1.68 bits per heavy atom. The van der Waals surface area contributed by atoms with Crippen LogP contribution in [0.1, 0.15) is 15.9 Å². The molecule has 0 aliphatic heterocycles. The van der Waals surface area contributed by atoms with Crippen LogP contribution in [0.5, 0.6) is 5.75 Å². The van der Waals surface area contributed by atoms with Crippen molar-refractivity contribution < 1.29 is 14.3 Å². The summed E-state index contributed by atoms with van der Waals surface area (Å²) in [5.41, 5.74) is 1.63. The summed E-state index contributed by atoms with van der Waals surface area (Å²) in [6, 6.07) is 16.1. The van der Waals surface area contributed by atoms with Gasteiger partial charge in [0.15, 0.2) is 0 Å². The Kier molecular flexibility index (Phi) is 5.54. The molecule has 2 N–H and O–H groups in total. The molecule has 22 heavy (non-hydrogen) atoms. The molecule has 0 atom stereocenters. The zero-order valence-corrected chi connectivity index (χ0v) is 12.3. The second-order valence-electron chi connectivity index (χ2n) is 4.75. The number of ether oxygens (including phenoxy) is 1. The maximum Gasteiger partial charge on any atom is 0.412 e. The molecule has 0 radical (unpaired) electrons. The van der Waals surface area contributed by atoms with E-state index in [4.69, 9.17) is 4.74 Å². The summed E-state index contributed by atoms with van der Waals surface area (Å²) in [5.74, 6) is 0.311. The maximum absolute atomic E-state index is 11.9. The van der Waals surface area contributed by atoms with E-state index >= 15 is 0 Å². The van der Waals surface area contributed by atoms with Gasteiger partial charge in [0, 0.05) is 18.7 Å². The number of benzene rings is 2. The molecule has 0 heterocycles. The average Bonchev–Trinajstić information content (AvgIpc) is 2.52. The number of nitrogens with one attached hydrogen (secondary N) is 2. The molecule has 0 fully saturated rings. The van der Waals surface area contributed by atoms with Crippen LogP contribution in [0.3, 0.4) is 0 Å². The van der Waals surface area contributed by atoms with Gasteiger partial charge >= 0.3 is 6.09 Å². The largest absolute Gasteiger partial charge is 0.412 e. The lowest BCUT2D eigenvalue weighted by Gasteiger charge is -2.08. The van der Waals surface area contributed by atoms with Gasteiger partial charge in [0.05, 0.1) is 0 Å². The van der Waals surface area contributed by atoms with E-state index in [1.165, 1.54) is 0 Å². The highest BCUT2D eigenvalue weighted by molar-refractivity contribution is 5.94. The van der Waals surface area contributed by atoms with Crippen molar-refractivity contribution in [3.63, 3.8) is 0 Å². The molecule has 5 nitrogen and oxygen atoms in total. The predicted molar refractivity (Wildman–Crippen MR) is 84.0 cm³/mol. The summed E-state index contributed by atoms with van der Waals surface area (Å²) < 4.78 is 5.06. The van der Waals surface area contributed by atoms with Crippen LogP contribution in [0.2, 0.25) is 0 Å². The van der Waals surface area contributed by atoms with Crippen LogP contribution in [0.4, 0.5) is 4.79 Å². The first-order valence-electron chi connectivity index (χ1n) is 7.01. The number of para-hydroxylation sites is 1. The fraction of sp³-hybridized carbons (Fsp3) is 0.176. The molecule has 0 spiro atoms. The van der Waals surface area contributed by atoms with Gasteiger partial charge in [-0.2, -0.15) is 0 Å². The van der Waals surface area contributed by atoms with E-state index in [9.17, 15) is 9.59 Å². The minimum Gasteiger partial charge on any atom is -0.410 e. The third-order valence-electron chi connectivity index (χ3n) is 2.91. The van der Waals surface area contributed by atoms with Crippen molar-refractivity contribution in [3.05, 3.63) is 65.7 Å². The van der Waals surface area contributed by atoms with Gasteiger partial charge in [-0.15, -0.1) is 0 Å². The number of hydrogen-bond acceptors (Lipinski definition) is 3. The van der Waals surface area contributed by atoms with Gasteiger partial charge in [-0.3, -0.25) is 4.79 Å². The van der Waals surface area contributed by atoms with Crippen molar-refractivity contribution in [2.24, 2.45) is 0 Å². The molecule has 114 valence electrons. The Balaban J connectivity index is 1.68. The van der Waals surface area contributed by atoms with Gasteiger partial charge < -0.3 is 15.4 Å². The van der Waals surface area contributed by atoms with E-state index < -0.39 is 6.09 Å². The molecular formula is C17H18N2O3. The molecule has 0 aliphatic carbocycles. The van der Waals surface area contributed by atoms with Crippen LogP contribution in [0, 0.1) is 6.92 Å². The summed E-state index contributed by atoms with van der Waals surface area (Å²) in [5, 5.41) is 5.31. The zero-order chi connectivity index (χ0) is 15.8. The van der Waals surface area contributed by atoms with E-state index in [2.05, 4.69) is 10.6 Å². The van der Waals surface area contributed by atoms with Crippen molar-refractivity contribution in [1.29, 1.82) is 0 Å². The van der Waals surface area contributed by atoms with E-state index in [1.807, 2.05) is 31.2 Å². The highest BCUT2D eigenvalue weighted by atomic mass is 16.6. The van der Waals surface area contributed by atoms with Gasteiger partial charge in [0.1, 0.15) is 5.75 Å². The van der Waals surface area contributed by atoms with Crippen LogP contribution in [0.25, 0.3) is 0 Å². The second kappa shape index (κ2) is 7.83. The monoisotopic (exact) mass is 298 g/mol. The Morgan fingerprint density at radius 1 is 0.955 bits per heavy atom. The molecule has 2 amide bonds. The van der Waals surface area contributed by atoms with E-state index in [0.717, 1.165) is 5.56 Å². The third kappa shape index (κ3) is 4.94. The summed E-state index contributed by atoms with van der Waals surface area (Å²) in [7, 11) is 0. The Hall–Kier alpha value is -2.82. The number of carbonyl (C=O) groups is 2. The molecule has 0 saturated heterocycles. The lowest BCUT2D eigenvalue weighted by atomic mass is 10.1. The first-order valence-corrected chi connectivity index (χ1v) is 7.01. The van der Waals surface area contributed by atoms with Crippen LogP contribution >= 0.6 is 0 Å². The third-order valence-corrected chi connectivity index (χ3v) is 2.91. The molecular weight excluding hydrogens is 280 g/mol. The lowest BCUT2D eigenvalue weighted by molar-refractivity contribution is 0.0953. The van der Waals surface area contributed by atoms with Gasteiger partial charge in [0.2, 0.25) is 0 Å². The molecule has 0 saturated carbocycles. The van der Waals surface area contributed by atoms with Crippen molar-refractivity contribution in [2.75, 3.05) is 13.1 Å². The molecule has 2 rings (SSSR count). The molecule has 5 heteroatoms. The topological polar surface area (TPSA) is 67.4 Å². The van der Waals surface area contributed by atoms with E-state index in [0.29, 0.717) is 24.4 Å². The van der Waals surface area contributed by atoms with Gasteiger partial charge in [-0.05, 0) is 31.2 Å². The van der Waals surface area contributed by atoms with Crippen molar-refractivity contribution in [2.45, 2.75) is 6.92 Å². The summed E-state index contributed by atoms with van der Waals surface area (Å²) >= 11 is 0. The van der Waals surface area contributed by atoms with Gasteiger partial charge in [-0.1, -0.05) is 35.9 Å². The van der Waals surface area contributed by atoms with Crippen LogP contribution < -0.4 is 15.4 Å². The van der Waals surface area contributed by atoms with Crippen LogP contribution in [-0.4, -0.2) is 25.1 Å². The molecule has 2 aromatic carbocycles. The standard InChI is InChI=1S/C17H18N2O3/c1-13-6-5-7-14(12-13)16(20)18-10-11-19-17(21)22-15-8-3-2-4-9-15/h2-9,12H,10-11H2,1H3,(H,18,20)(H,19,21). The highest BCUT2D eigenvalue weighted by Gasteiger charge is 2.06. The first kappa shape index (κ1) is 15.6. The molecule has 0 bridgehead atoms. The molecule has 0 aliphatic rings. The molecule has 0 aromatic heterocycles. The molecule has 0 unspecified atom stereocenters. The van der Waals surface area contributed by atoms with Gasteiger partial charge in [0.25, 0.3) is 5.91 Å².